The molecule has 1 N–H and O–H groups in total. The molecule has 142 valence electrons. The molecule has 0 spiro atoms. The van der Waals surface area contributed by atoms with Gasteiger partial charge in [-0.25, -0.2) is 4.98 Å². The highest BCUT2D eigenvalue weighted by atomic mass is 35.5. The number of hydrogen-bond donors (Lipinski definition) is 1. The SMILES string of the molecule is Cc1cccc2cc(C(=O)N3CCN(CC(=O)NC4CC4)CC3)c(Cl)nc12. The Labute approximate surface area is 163 Å². The molecule has 0 unspecified atom stereocenters. The van der Waals surface area contributed by atoms with Gasteiger partial charge in [-0.2, -0.15) is 0 Å². The molecule has 27 heavy (non-hydrogen) atoms. The molecule has 0 radical (unpaired) electrons. The minimum atomic E-state index is -0.0991. The maximum absolute atomic E-state index is 12.9. The van der Waals surface area contributed by atoms with Crippen LogP contribution in [-0.4, -0.2) is 65.4 Å². The Kier molecular flexibility index (Phi) is 5.02. The summed E-state index contributed by atoms with van der Waals surface area (Å²) in [7, 11) is 0. The molecule has 6 nitrogen and oxygen atoms in total. The number of hydrogen-bond acceptors (Lipinski definition) is 4. The Morgan fingerprint density at radius 2 is 1.96 bits per heavy atom. The van der Waals surface area contributed by atoms with Crippen LogP contribution in [0, 0.1) is 6.92 Å². The van der Waals surface area contributed by atoms with Gasteiger partial charge in [-0.15, -0.1) is 0 Å². The molecule has 2 aromatic rings. The maximum atomic E-state index is 12.9. The van der Waals surface area contributed by atoms with E-state index < -0.39 is 0 Å². The molecule has 1 aromatic carbocycles. The number of nitrogens with one attached hydrogen (secondary N) is 1. The van der Waals surface area contributed by atoms with Crippen LogP contribution in [0.4, 0.5) is 0 Å². The Hall–Kier alpha value is -2.18. The van der Waals surface area contributed by atoms with Crippen LogP contribution < -0.4 is 5.32 Å². The van der Waals surface area contributed by atoms with E-state index in [1.54, 1.807) is 4.90 Å². The standard InChI is InChI=1S/C20H23ClN4O2/c1-13-3-2-4-14-11-16(19(21)23-18(13)14)20(27)25-9-7-24(8-10-25)12-17(26)22-15-5-6-15/h2-4,11,15H,5-10,12H2,1H3,(H,22,26). The van der Waals surface area contributed by atoms with E-state index in [2.05, 4.69) is 15.2 Å². The molecule has 1 saturated carbocycles. The molecule has 1 saturated heterocycles. The summed E-state index contributed by atoms with van der Waals surface area (Å²) >= 11 is 6.32. The van der Waals surface area contributed by atoms with E-state index in [4.69, 9.17) is 11.6 Å². The van der Waals surface area contributed by atoms with Crippen molar-refractivity contribution in [2.45, 2.75) is 25.8 Å². The van der Waals surface area contributed by atoms with Gasteiger partial charge in [-0.05, 0) is 31.4 Å². The molecule has 0 atom stereocenters. The quantitative estimate of drug-likeness (QED) is 0.818. The van der Waals surface area contributed by atoms with Crippen LogP contribution >= 0.6 is 11.6 Å². The van der Waals surface area contributed by atoms with E-state index in [1.807, 2.05) is 31.2 Å². The van der Waals surface area contributed by atoms with Gasteiger partial charge >= 0.3 is 0 Å². The van der Waals surface area contributed by atoms with Gasteiger partial charge < -0.3 is 10.2 Å². The van der Waals surface area contributed by atoms with Gasteiger partial charge in [0.25, 0.3) is 5.91 Å². The third-order valence-corrected chi connectivity index (χ3v) is 5.49. The summed E-state index contributed by atoms with van der Waals surface area (Å²) in [5.41, 5.74) is 2.30. The summed E-state index contributed by atoms with van der Waals surface area (Å²) in [6.07, 6.45) is 2.18. The largest absolute Gasteiger partial charge is 0.352 e. The van der Waals surface area contributed by atoms with Crippen molar-refractivity contribution in [1.82, 2.24) is 20.1 Å². The fourth-order valence-electron chi connectivity index (χ4n) is 3.46. The first kappa shape index (κ1) is 18.2. The average Bonchev–Trinajstić information content (AvgIpc) is 3.46. The van der Waals surface area contributed by atoms with Gasteiger partial charge in [0.2, 0.25) is 5.91 Å². The van der Waals surface area contributed by atoms with Gasteiger partial charge in [-0.1, -0.05) is 29.8 Å². The first-order valence-electron chi connectivity index (χ1n) is 9.38. The molecule has 7 heteroatoms. The van der Waals surface area contributed by atoms with E-state index in [1.165, 1.54) is 0 Å². The Morgan fingerprint density at radius 1 is 1.22 bits per heavy atom. The zero-order valence-corrected chi connectivity index (χ0v) is 16.1. The van der Waals surface area contributed by atoms with Gasteiger partial charge in [0, 0.05) is 37.6 Å². The normalized spacial score (nSPS) is 17.9. The molecule has 1 aliphatic carbocycles. The van der Waals surface area contributed by atoms with Crippen LogP contribution in [0.25, 0.3) is 10.9 Å². The Balaban J connectivity index is 1.41. The second-order valence-electron chi connectivity index (χ2n) is 7.38. The average molecular weight is 387 g/mol. The molecule has 2 aliphatic rings. The maximum Gasteiger partial charge on any atom is 0.257 e. The van der Waals surface area contributed by atoms with Crippen LogP contribution in [0.3, 0.4) is 0 Å². The van der Waals surface area contributed by atoms with Gasteiger partial charge in [0.1, 0.15) is 5.15 Å². The third kappa shape index (κ3) is 4.06. The number of aryl methyl sites for hydroxylation is 1. The number of halogens is 1. The van der Waals surface area contributed by atoms with Gasteiger partial charge in [0.15, 0.2) is 0 Å². The molecular formula is C20H23ClN4O2. The summed E-state index contributed by atoms with van der Waals surface area (Å²) < 4.78 is 0. The smallest absolute Gasteiger partial charge is 0.257 e. The van der Waals surface area contributed by atoms with Crippen molar-refractivity contribution >= 4 is 34.3 Å². The topological polar surface area (TPSA) is 65.5 Å². The lowest BCUT2D eigenvalue weighted by molar-refractivity contribution is -0.122. The third-order valence-electron chi connectivity index (χ3n) is 5.20. The van der Waals surface area contributed by atoms with Crippen LogP contribution in [0.2, 0.25) is 5.15 Å². The van der Waals surface area contributed by atoms with Crippen LogP contribution in [0.15, 0.2) is 24.3 Å². The highest BCUT2D eigenvalue weighted by molar-refractivity contribution is 6.33. The van der Waals surface area contributed by atoms with Crippen molar-refractivity contribution in [2.75, 3.05) is 32.7 Å². The van der Waals surface area contributed by atoms with Crippen LogP contribution in [0.1, 0.15) is 28.8 Å². The second-order valence-corrected chi connectivity index (χ2v) is 7.74. The van der Waals surface area contributed by atoms with E-state index in [9.17, 15) is 9.59 Å². The number of piperazine rings is 1. The summed E-state index contributed by atoms with van der Waals surface area (Å²) in [6.45, 7) is 4.90. The number of carbonyl (C=O) groups is 2. The predicted octanol–water partition coefficient (Wildman–Crippen LogP) is 2.23. The number of nitrogens with zero attached hydrogens (tertiary/aromatic N) is 3. The lowest BCUT2D eigenvalue weighted by atomic mass is 10.1. The van der Waals surface area contributed by atoms with Crippen molar-refractivity contribution in [2.24, 2.45) is 0 Å². The zero-order valence-electron chi connectivity index (χ0n) is 15.4. The highest BCUT2D eigenvalue weighted by Crippen LogP contribution is 2.24. The number of fused-ring (bicyclic) bond motifs is 1. The van der Waals surface area contributed by atoms with E-state index in [0.29, 0.717) is 44.3 Å². The van der Waals surface area contributed by atoms with Crippen molar-refractivity contribution in [1.29, 1.82) is 0 Å². The van der Waals surface area contributed by atoms with E-state index >= 15 is 0 Å². The minimum Gasteiger partial charge on any atom is -0.352 e. The highest BCUT2D eigenvalue weighted by Gasteiger charge is 2.27. The fraction of sp³-hybridized carbons (Fsp3) is 0.450. The van der Waals surface area contributed by atoms with Gasteiger partial charge in [-0.3, -0.25) is 14.5 Å². The Bertz CT molecular complexity index is 889. The number of para-hydroxylation sites is 1. The zero-order chi connectivity index (χ0) is 19.0. The van der Waals surface area contributed by atoms with Crippen LogP contribution in [0.5, 0.6) is 0 Å². The van der Waals surface area contributed by atoms with E-state index in [0.717, 1.165) is 29.3 Å². The Morgan fingerprint density at radius 3 is 2.67 bits per heavy atom. The van der Waals surface area contributed by atoms with Crippen molar-refractivity contribution in [3.63, 3.8) is 0 Å². The lowest BCUT2D eigenvalue weighted by Crippen LogP contribution is -2.51. The van der Waals surface area contributed by atoms with Crippen molar-refractivity contribution < 1.29 is 9.59 Å². The first-order valence-corrected chi connectivity index (χ1v) is 9.76. The molecule has 4 rings (SSSR count). The summed E-state index contributed by atoms with van der Waals surface area (Å²) in [4.78, 5) is 33.2. The summed E-state index contributed by atoms with van der Waals surface area (Å²) in [6, 6.07) is 8.08. The van der Waals surface area contributed by atoms with Crippen LogP contribution in [-0.2, 0) is 4.79 Å². The minimum absolute atomic E-state index is 0.0782. The molecule has 1 aromatic heterocycles. The first-order chi connectivity index (χ1) is 13.0. The summed E-state index contributed by atoms with van der Waals surface area (Å²) in [5, 5.41) is 4.16. The number of aromatic nitrogens is 1. The fourth-order valence-corrected chi connectivity index (χ4v) is 3.68. The molecule has 2 fully saturated rings. The predicted molar refractivity (Wildman–Crippen MR) is 105 cm³/mol. The van der Waals surface area contributed by atoms with Crippen molar-refractivity contribution in [3.05, 3.63) is 40.5 Å². The number of amides is 2. The van der Waals surface area contributed by atoms with Gasteiger partial charge in [0.05, 0.1) is 17.6 Å². The monoisotopic (exact) mass is 386 g/mol. The lowest BCUT2D eigenvalue weighted by Gasteiger charge is -2.34. The number of benzene rings is 1. The molecule has 2 heterocycles. The van der Waals surface area contributed by atoms with E-state index in [-0.39, 0.29) is 17.0 Å². The molecule has 2 amide bonds. The second kappa shape index (κ2) is 7.44. The number of rotatable bonds is 4. The molecule has 1 aliphatic heterocycles. The number of carbonyl (C=O) groups excluding carboxylic acids is 2. The number of pyridine rings is 1. The molecule has 0 bridgehead atoms. The molecular weight excluding hydrogens is 364 g/mol. The van der Waals surface area contributed by atoms with Crippen molar-refractivity contribution in [3.8, 4) is 0 Å². The summed E-state index contributed by atoms with van der Waals surface area (Å²) in [5.74, 6) is -0.0209.